The summed E-state index contributed by atoms with van der Waals surface area (Å²) in [6, 6.07) is 0. The van der Waals surface area contributed by atoms with Gasteiger partial charge < -0.3 is 5.11 Å². The van der Waals surface area contributed by atoms with Crippen molar-refractivity contribution >= 4 is 0 Å². The van der Waals surface area contributed by atoms with E-state index >= 15 is 0 Å². The van der Waals surface area contributed by atoms with Crippen LogP contribution in [-0.4, -0.2) is 17.1 Å². The zero-order valence-electron chi connectivity index (χ0n) is 7.49. The second-order valence-corrected chi connectivity index (χ2v) is 3.07. The molecular formula is C8H14F4O. The highest BCUT2D eigenvalue weighted by atomic mass is 19.4. The van der Waals surface area contributed by atoms with Crippen LogP contribution in [-0.2, 0) is 0 Å². The molecule has 0 aromatic rings. The van der Waals surface area contributed by atoms with E-state index in [-0.39, 0.29) is 6.42 Å². The van der Waals surface area contributed by atoms with Crippen LogP contribution in [0.2, 0.25) is 0 Å². The number of rotatable bonds is 5. The van der Waals surface area contributed by atoms with Crippen molar-refractivity contribution in [2.75, 3.05) is 0 Å². The minimum atomic E-state index is -5.17. The largest absolute Gasteiger partial charge is 0.448 e. The minimum absolute atomic E-state index is 0.0559. The summed E-state index contributed by atoms with van der Waals surface area (Å²) in [6.07, 6.45) is -3.85. The summed E-state index contributed by atoms with van der Waals surface area (Å²) in [5, 5.41) is 8.36. The predicted octanol–water partition coefficient (Wildman–Crippen LogP) is 3.18. The van der Waals surface area contributed by atoms with Gasteiger partial charge in [-0.15, -0.1) is 0 Å². The van der Waals surface area contributed by atoms with E-state index in [2.05, 4.69) is 0 Å². The Morgan fingerprint density at radius 1 is 1.00 bits per heavy atom. The lowest BCUT2D eigenvalue weighted by molar-refractivity contribution is -0.317. The lowest BCUT2D eigenvalue weighted by atomic mass is 10.1. The summed E-state index contributed by atoms with van der Waals surface area (Å²) in [7, 11) is 0. The summed E-state index contributed by atoms with van der Waals surface area (Å²) in [5.74, 6) is -4.01. The Balaban J connectivity index is 3.77. The Hall–Kier alpha value is -0.320. The van der Waals surface area contributed by atoms with Crippen LogP contribution in [0.1, 0.15) is 39.0 Å². The molecule has 1 atom stereocenters. The highest BCUT2D eigenvalue weighted by Gasteiger charge is 2.54. The molecule has 0 fully saturated rings. The third-order valence-corrected chi connectivity index (χ3v) is 1.80. The molecule has 0 radical (unpaired) electrons. The summed E-state index contributed by atoms with van der Waals surface area (Å²) in [6.45, 7) is 1.89. The van der Waals surface area contributed by atoms with Crippen LogP contribution in [0.5, 0.6) is 0 Å². The van der Waals surface area contributed by atoms with Crippen molar-refractivity contribution in [2.24, 2.45) is 0 Å². The van der Waals surface area contributed by atoms with Crippen molar-refractivity contribution in [3.8, 4) is 0 Å². The van der Waals surface area contributed by atoms with Gasteiger partial charge in [-0.25, -0.2) is 4.39 Å². The number of alkyl halides is 4. The zero-order chi connectivity index (χ0) is 10.5. The molecule has 0 aliphatic carbocycles. The smallest absolute Gasteiger partial charge is 0.355 e. The number of hydrogen-bond donors (Lipinski definition) is 1. The molecule has 1 unspecified atom stereocenters. The molecule has 0 spiro atoms. The topological polar surface area (TPSA) is 20.2 Å². The number of unbranched alkanes of at least 4 members (excludes halogenated alkanes) is 3. The van der Waals surface area contributed by atoms with Gasteiger partial charge >= 0.3 is 12.0 Å². The van der Waals surface area contributed by atoms with Crippen molar-refractivity contribution in [1.82, 2.24) is 0 Å². The normalized spacial score (nSPS) is 17.1. The SMILES string of the molecule is CCCCCCC(O)(F)C(F)(F)F. The van der Waals surface area contributed by atoms with Gasteiger partial charge in [0, 0.05) is 6.42 Å². The van der Waals surface area contributed by atoms with Crippen LogP contribution in [0.3, 0.4) is 0 Å². The molecule has 13 heavy (non-hydrogen) atoms. The van der Waals surface area contributed by atoms with Crippen molar-refractivity contribution in [2.45, 2.75) is 51.1 Å². The highest BCUT2D eigenvalue weighted by Crippen LogP contribution is 2.35. The molecule has 0 aliphatic rings. The van der Waals surface area contributed by atoms with Crippen LogP contribution in [0.25, 0.3) is 0 Å². The van der Waals surface area contributed by atoms with Gasteiger partial charge in [-0.05, 0) is 6.42 Å². The number of halogens is 4. The van der Waals surface area contributed by atoms with E-state index in [0.29, 0.717) is 6.42 Å². The van der Waals surface area contributed by atoms with Crippen molar-refractivity contribution in [3.63, 3.8) is 0 Å². The van der Waals surface area contributed by atoms with Crippen LogP contribution >= 0.6 is 0 Å². The lowest BCUT2D eigenvalue weighted by Crippen LogP contribution is -2.40. The van der Waals surface area contributed by atoms with E-state index in [1.807, 2.05) is 6.92 Å². The maximum Gasteiger partial charge on any atom is 0.448 e. The first-order valence-electron chi connectivity index (χ1n) is 4.29. The molecular weight excluding hydrogens is 188 g/mol. The average molecular weight is 202 g/mol. The second kappa shape index (κ2) is 4.79. The Morgan fingerprint density at radius 3 is 1.92 bits per heavy atom. The molecule has 0 bridgehead atoms. The number of aliphatic hydroxyl groups is 1. The van der Waals surface area contributed by atoms with E-state index < -0.39 is 18.5 Å². The lowest BCUT2D eigenvalue weighted by Gasteiger charge is -2.21. The monoisotopic (exact) mass is 202 g/mol. The van der Waals surface area contributed by atoms with E-state index in [1.165, 1.54) is 0 Å². The fourth-order valence-corrected chi connectivity index (χ4v) is 0.928. The van der Waals surface area contributed by atoms with Gasteiger partial charge in [0.15, 0.2) is 0 Å². The molecule has 0 rings (SSSR count). The molecule has 80 valence electrons. The van der Waals surface area contributed by atoms with Gasteiger partial charge in [0.1, 0.15) is 0 Å². The molecule has 0 aromatic carbocycles. The first kappa shape index (κ1) is 12.7. The molecule has 1 nitrogen and oxygen atoms in total. The quantitative estimate of drug-likeness (QED) is 0.536. The van der Waals surface area contributed by atoms with E-state index in [9.17, 15) is 17.6 Å². The molecule has 0 aliphatic heterocycles. The molecule has 0 saturated heterocycles. The first-order chi connectivity index (χ1) is 5.81. The molecule has 1 N–H and O–H groups in total. The molecule has 0 amide bonds. The van der Waals surface area contributed by atoms with Gasteiger partial charge in [0.25, 0.3) is 0 Å². The van der Waals surface area contributed by atoms with Crippen LogP contribution in [0, 0.1) is 0 Å². The summed E-state index contributed by atoms with van der Waals surface area (Å²) in [4.78, 5) is 0. The van der Waals surface area contributed by atoms with Gasteiger partial charge in [-0.2, -0.15) is 13.2 Å². The first-order valence-corrected chi connectivity index (χ1v) is 4.29. The van der Waals surface area contributed by atoms with E-state index in [1.54, 1.807) is 0 Å². The van der Waals surface area contributed by atoms with Crippen molar-refractivity contribution < 1.29 is 22.7 Å². The Labute approximate surface area is 74.8 Å². The third kappa shape index (κ3) is 4.45. The minimum Gasteiger partial charge on any atom is -0.355 e. The molecule has 0 heterocycles. The maximum absolute atomic E-state index is 12.5. The van der Waals surface area contributed by atoms with Crippen molar-refractivity contribution in [3.05, 3.63) is 0 Å². The van der Waals surface area contributed by atoms with Crippen LogP contribution in [0.4, 0.5) is 17.6 Å². The van der Waals surface area contributed by atoms with Gasteiger partial charge in [0.05, 0.1) is 0 Å². The summed E-state index contributed by atoms with van der Waals surface area (Å²) >= 11 is 0. The Morgan fingerprint density at radius 2 is 1.54 bits per heavy atom. The van der Waals surface area contributed by atoms with Crippen molar-refractivity contribution in [1.29, 1.82) is 0 Å². The zero-order valence-corrected chi connectivity index (χ0v) is 7.49. The van der Waals surface area contributed by atoms with Crippen LogP contribution < -0.4 is 0 Å². The van der Waals surface area contributed by atoms with Gasteiger partial charge in [-0.3, -0.25) is 0 Å². The van der Waals surface area contributed by atoms with Gasteiger partial charge in [-0.1, -0.05) is 26.2 Å². The molecule has 0 aromatic heterocycles. The highest BCUT2D eigenvalue weighted by molar-refractivity contribution is 4.74. The van der Waals surface area contributed by atoms with Crippen LogP contribution in [0.15, 0.2) is 0 Å². The predicted molar refractivity (Wildman–Crippen MR) is 40.9 cm³/mol. The summed E-state index contributed by atoms with van der Waals surface area (Å²) < 4.78 is 47.6. The average Bonchev–Trinajstić information content (AvgIpc) is 1.96. The standard InChI is InChI=1S/C8H14F4O/c1-2-3-4-5-6-7(9,13)8(10,11)12/h13H,2-6H2,1H3. The van der Waals surface area contributed by atoms with Gasteiger partial charge in [0.2, 0.25) is 0 Å². The summed E-state index contributed by atoms with van der Waals surface area (Å²) in [5.41, 5.74) is 0. The Bertz CT molecular complexity index is 142. The fraction of sp³-hybridized carbons (Fsp3) is 1.00. The second-order valence-electron chi connectivity index (χ2n) is 3.07. The fourth-order valence-electron chi connectivity index (χ4n) is 0.928. The Kier molecular flexibility index (Phi) is 4.67. The third-order valence-electron chi connectivity index (χ3n) is 1.80. The molecule has 0 saturated carbocycles. The maximum atomic E-state index is 12.5. The molecule has 5 heteroatoms. The number of hydrogen-bond acceptors (Lipinski definition) is 1. The van der Waals surface area contributed by atoms with E-state index in [0.717, 1.165) is 12.8 Å². The van der Waals surface area contributed by atoms with E-state index in [4.69, 9.17) is 5.11 Å².